The number of carbonyl (C=O) groups excluding carboxylic acids is 2. The predicted molar refractivity (Wildman–Crippen MR) is 139 cm³/mol. The Labute approximate surface area is 209 Å². The maximum atomic E-state index is 13.4. The summed E-state index contributed by atoms with van der Waals surface area (Å²) in [5.41, 5.74) is 3.83. The second-order valence-corrected chi connectivity index (χ2v) is 8.89. The molecule has 4 rings (SSSR count). The Kier molecular flexibility index (Phi) is 8.00. The number of thioether (sulfide) groups is 1. The van der Waals surface area contributed by atoms with Crippen LogP contribution in [0.25, 0.3) is 6.08 Å². The Balaban J connectivity index is 1.55. The number of amides is 1. The maximum Gasteiger partial charge on any atom is 0.344 e. The van der Waals surface area contributed by atoms with E-state index in [9.17, 15) is 9.59 Å². The topological polar surface area (TPSA) is 68.2 Å². The zero-order chi connectivity index (χ0) is 24.6. The Morgan fingerprint density at radius 2 is 1.71 bits per heavy atom. The van der Waals surface area contributed by atoms with Crippen molar-refractivity contribution in [3.63, 3.8) is 0 Å². The molecule has 0 radical (unpaired) electrons. The van der Waals surface area contributed by atoms with Gasteiger partial charge >= 0.3 is 5.97 Å². The first-order valence-corrected chi connectivity index (χ1v) is 12.1. The summed E-state index contributed by atoms with van der Waals surface area (Å²) < 4.78 is 10.3. The number of aryl methyl sites for hydroxylation is 1. The second kappa shape index (κ2) is 11.5. The standard InChI is InChI=1S/C28H26N2O4S/c1-3-33-26(31)19-34-24-15-11-21(12-16-24)17-25-27(32)30(18-22-7-5-4-6-8-22)28(35-25)29-23-13-9-20(2)10-14-23/h4-17H,3,18-19H2,1-2H3/b25-17+,29-28?. The number of amidine groups is 1. The van der Waals surface area contributed by atoms with Crippen LogP contribution in [0, 0.1) is 6.92 Å². The zero-order valence-corrected chi connectivity index (χ0v) is 20.5. The minimum atomic E-state index is -0.412. The SMILES string of the molecule is CCOC(=O)COc1ccc(/C=C2/SC(=Nc3ccc(C)cc3)N(Cc3ccccc3)C2=O)cc1. The first kappa shape index (κ1) is 24.3. The number of hydrogen-bond donors (Lipinski definition) is 0. The van der Waals surface area contributed by atoms with Crippen LogP contribution >= 0.6 is 11.8 Å². The van der Waals surface area contributed by atoms with Crippen molar-refractivity contribution in [2.24, 2.45) is 4.99 Å². The van der Waals surface area contributed by atoms with Gasteiger partial charge in [0.1, 0.15) is 5.75 Å². The van der Waals surface area contributed by atoms with Crippen molar-refractivity contribution < 1.29 is 19.1 Å². The number of carbonyl (C=O) groups is 2. The van der Waals surface area contributed by atoms with Crippen molar-refractivity contribution >= 4 is 40.6 Å². The van der Waals surface area contributed by atoms with Crippen molar-refractivity contribution in [3.05, 3.63) is 100 Å². The zero-order valence-electron chi connectivity index (χ0n) is 19.6. The normalized spacial score (nSPS) is 15.6. The molecular formula is C28H26N2O4S. The van der Waals surface area contributed by atoms with Gasteiger partial charge in [0.15, 0.2) is 11.8 Å². The lowest BCUT2D eigenvalue weighted by Crippen LogP contribution is -2.28. The fraction of sp³-hybridized carbons (Fsp3) is 0.179. The minimum Gasteiger partial charge on any atom is -0.482 e. The van der Waals surface area contributed by atoms with Gasteiger partial charge in [-0.1, -0.05) is 60.2 Å². The van der Waals surface area contributed by atoms with Crippen molar-refractivity contribution in [1.29, 1.82) is 0 Å². The first-order valence-electron chi connectivity index (χ1n) is 11.3. The lowest BCUT2D eigenvalue weighted by atomic mass is 10.2. The van der Waals surface area contributed by atoms with Gasteiger partial charge in [-0.2, -0.15) is 0 Å². The van der Waals surface area contributed by atoms with Crippen LogP contribution in [0.1, 0.15) is 23.6 Å². The predicted octanol–water partition coefficient (Wildman–Crippen LogP) is 5.74. The Morgan fingerprint density at radius 3 is 2.40 bits per heavy atom. The van der Waals surface area contributed by atoms with E-state index in [4.69, 9.17) is 14.5 Å². The molecule has 1 aliphatic rings. The van der Waals surface area contributed by atoms with Gasteiger partial charge in [-0.05, 0) is 67.1 Å². The van der Waals surface area contributed by atoms with E-state index in [0.29, 0.717) is 29.0 Å². The average Bonchev–Trinajstić information content (AvgIpc) is 3.14. The van der Waals surface area contributed by atoms with Crippen molar-refractivity contribution in [1.82, 2.24) is 4.90 Å². The highest BCUT2D eigenvalue weighted by Gasteiger charge is 2.33. The van der Waals surface area contributed by atoms with Gasteiger partial charge in [-0.3, -0.25) is 9.69 Å². The number of aliphatic imine (C=N–C) groups is 1. The number of hydrogen-bond acceptors (Lipinski definition) is 6. The molecule has 1 aliphatic heterocycles. The van der Waals surface area contributed by atoms with E-state index in [2.05, 4.69) is 0 Å². The molecule has 0 saturated carbocycles. The van der Waals surface area contributed by atoms with Crippen molar-refractivity contribution in [2.45, 2.75) is 20.4 Å². The molecule has 178 valence electrons. The van der Waals surface area contributed by atoms with Gasteiger partial charge in [0.25, 0.3) is 5.91 Å². The lowest BCUT2D eigenvalue weighted by Gasteiger charge is -2.15. The Bertz CT molecular complexity index is 1240. The minimum absolute atomic E-state index is 0.0904. The van der Waals surface area contributed by atoms with E-state index in [1.807, 2.05) is 79.7 Å². The quantitative estimate of drug-likeness (QED) is 0.300. The van der Waals surface area contributed by atoms with E-state index in [1.165, 1.54) is 11.8 Å². The summed E-state index contributed by atoms with van der Waals surface area (Å²) in [7, 11) is 0. The maximum absolute atomic E-state index is 13.4. The molecule has 6 nitrogen and oxygen atoms in total. The summed E-state index contributed by atoms with van der Waals surface area (Å²) in [4.78, 5) is 31.9. The third kappa shape index (κ3) is 6.61. The second-order valence-electron chi connectivity index (χ2n) is 7.88. The summed E-state index contributed by atoms with van der Waals surface area (Å²) in [6.07, 6.45) is 1.85. The fourth-order valence-corrected chi connectivity index (χ4v) is 4.38. The van der Waals surface area contributed by atoms with Crippen LogP contribution < -0.4 is 4.74 Å². The molecule has 1 fully saturated rings. The van der Waals surface area contributed by atoms with E-state index >= 15 is 0 Å². The number of nitrogens with zero attached hydrogens (tertiary/aromatic N) is 2. The molecule has 1 heterocycles. The number of esters is 1. The summed E-state index contributed by atoms with van der Waals surface area (Å²) in [5, 5.41) is 0.642. The molecule has 0 spiro atoms. The van der Waals surface area contributed by atoms with Crippen LogP contribution in [0.5, 0.6) is 5.75 Å². The van der Waals surface area contributed by atoms with Crippen LogP contribution in [-0.2, 0) is 20.9 Å². The summed E-state index contributed by atoms with van der Waals surface area (Å²) in [6, 6.07) is 25.0. The van der Waals surface area contributed by atoms with Crippen molar-refractivity contribution in [2.75, 3.05) is 13.2 Å². The molecule has 1 saturated heterocycles. The number of rotatable bonds is 8. The molecule has 0 bridgehead atoms. The average molecular weight is 487 g/mol. The molecule has 0 aliphatic carbocycles. The van der Waals surface area contributed by atoms with Crippen LogP contribution in [0.2, 0.25) is 0 Å². The van der Waals surface area contributed by atoms with Crippen molar-refractivity contribution in [3.8, 4) is 5.75 Å². The molecule has 0 atom stereocenters. The molecule has 3 aromatic rings. The lowest BCUT2D eigenvalue weighted by molar-refractivity contribution is -0.145. The van der Waals surface area contributed by atoms with Crippen LogP contribution in [0.15, 0.2) is 88.8 Å². The van der Waals surface area contributed by atoms with Gasteiger partial charge < -0.3 is 9.47 Å². The highest BCUT2D eigenvalue weighted by molar-refractivity contribution is 8.18. The third-order valence-corrected chi connectivity index (χ3v) is 6.18. The summed E-state index contributed by atoms with van der Waals surface area (Å²) >= 11 is 1.36. The van der Waals surface area contributed by atoms with Crippen LogP contribution in [0.4, 0.5) is 5.69 Å². The Morgan fingerprint density at radius 1 is 1.00 bits per heavy atom. The van der Waals surface area contributed by atoms with E-state index in [1.54, 1.807) is 24.0 Å². The molecule has 1 amide bonds. The van der Waals surface area contributed by atoms with Crippen LogP contribution in [-0.4, -0.2) is 35.2 Å². The van der Waals surface area contributed by atoms with E-state index < -0.39 is 5.97 Å². The van der Waals surface area contributed by atoms with Crippen LogP contribution in [0.3, 0.4) is 0 Å². The molecule has 35 heavy (non-hydrogen) atoms. The third-order valence-electron chi connectivity index (χ3n) is 5.17. The molecule has 3 aromatic carbocycles. The molecule has 0 unspecified atom stereocenters. The molecular weight excluding hydrogens is 460 g/mol. The highest BCUT2D eigenvalue weighted by atomic mass is 32.2. The first-order chi connectivity index (χ1) is 17.0. The van der Waals surface area contributed by atoms with E-state index in [0.717, 1.165) is 22.4 Å². The van der Waals surface area contributed by atoms with Gasteiger partial charge in [-0.15, -0.1) is 0 Å². The van der Waals surface area contributed by atoms with Gasteiger partial charge in [0, 0.05) is 0 Å². The largest absolute Gasteiger partial charge is 0.482 e. The number of benzene rings is 3. The monoisotopic (exact) mass is 486 g/mol. The smallest absolute Gasteiger partial charge is 0.344 e. The Hall–Kier alpha value is -3.84. The fourth-order valence-electron chi connectivity index (χ4n) is 3.38. The molecule has 0 aromatic heterocycles. The van der Waals surface area contributed by atoms with Gasteiger partial charge in [-0.25, -0.2) is 9.79 Å². The van der Waals surface area contributed by atoms with E-state index in [-0.39, 0.29) is 12.5 Å². The highest BCUT2D eigenvalue weighted by Crippen LogP contribution is 2.35. The molecule has 0 N–H and O–H groups in total. The summed E-state index contributed by atoms with van der Waals surface area (Å²) in [6.45, 7) is 4.39. The molecule has 7 heteroatoms. The summed E-state index contributed by atoms with van der Waals surface area (Å²) in [5.74, 6) is 0.0517. The number of ether oxygens (including phenoxy) is 2. The van der Waals surface area contributed by atoms with Gasteiger partial charge in [0.2, 0.25) is 0 Å². The van der Waals surface area contributed by atoms with Gasteiger partial charge in [0.05, 0.1) is 23.7 Å².